The average molecular weight is 515 g/mol. The molecule has 168 valence electrons. The minimum atomic E-state index is -0.207. The van der Waals surface area contributed by atoms with Gasteiger partial charge in [0.1, 0.15) is 0 Å². The Morgan fingerprint density at radius 2 is 1.84 bits per heavy atom. The molecule has 2 atom stereocenters. The molecular formula is C27H29BrClNO2. The summed E-state index contributed by atoms with van der Waals surface area (Å²) in [6.45, 7) is 7.55. The lowest BCUT2D eigenvalue weighted by Gasteiger charge is -2.32. The Morgan fingerprint density at radius 3 is 2.47 bits per heavy atom. The monoisotopic (exact) mass is 513 g/mol. The number of nitrogens with zero attached hydrogens (tertiary/aromatic N) is 1. The summed E-state index contributed by atoms with van der Waals surface area (Å²) < 4.78 is 7.49. The second kappa shape index (κ2) is 9.44. The van der Waals surface area contributed by atoms with Crippen LogP contribution >= 0.6 is 27.9 Å². The highest BCUT2D eigenvalue weighted by atomic mass is 79.9. The summed E-state index contributed by atoms with van der Waals surface area (Å²) in [4.78, 5) is 13.0. The summed E-state index contributed by atoms with van der Waals surface area (Å²) in [5, 5.41) is 0.723. The molecule has 0 aliphatic carbocycles. The molecule has 2 heterocycles. The van der Waals surface area contributed by atoms with Crippen LogP contribution < -0.4 is 0 Å². The lowest BCUT2D eigenvalue weighted by atomic mass is 9.69. The molecule has 3 aromatic rings. The first-order valence-electron chi connectivity index (χ1n) is 11.2. The maximum atomic E-state index is 13.0. The molecule has 0 N–H and O–H groups in total. The maximum absolute atomic E-state index is 13.0. The summed E-state index contributed by atoms with van der Waals surface area (Å²) in [7, 11) is 0. The first-order chi connectivity index (χ1) is 15.4. The normalized spacial score (nSPS) is 17.7. The predicted molar refractivity (Wildman–Crippen MR) is 135 cm³/mol. The molecule has 0 amide bonds. The average Bonchev–Trinajstić information content (AvgIpc) is 3.26. The van der Waals surface area contributed by atoms with Crippen LogP contribution in [0.25, 0.3) is 22.3 Å². The van der Waals surface area contributed by atoms with E-state index in [2.05, 4.69) is 84.2 Å². The Labute approximate surface area is 204 Å². The van der Waals surface area contributed by atoms with Gasteiger partial charge in [0.15, 0.2) is 16.3 Å². The van der Waals surface area contributed by atoms with Gasteiger partial charge in [0.05, 0.1) is 5.92 Å². The minimum Gasteiger partial charge on any atom is -0.383 e. The second-order valence-electron chi connectivity index (χ2n) is 9.41. The van der Waals surface area contributed by atoms with Crippen LogP contribution in [0.15, 0.2) is 60.8 Å². The van der Waals surface area contributed by atoms with Crippen molar-refractivity contribution in [3.05, 3.63) is 71.5 Å². The Hall–Kier alpha value is -2.04. The van der Waals surface area contributed by atoms with Crippen molar-refractivity contribution in [1.82, 2.24) is 4.57 Å². The number of rotatable bonds is 7. The summed E-state index contributed by atoms with van der Waals surface area (Å²) >= 11 is 9.15. The molecule has 2 aromatic carbocycles. The number of halogens is 2. The van der Waals surface area contributed by atoms with Gasteiger partial charge in [-0.25, -0.2) is 0 Å². The zero-order chi connectivity index (χ0) is 22.9. The highest BCUT2D eigenvalue weighted by Gasteiger charge is 2.48. The number of carbonyl (C=O) groups excluding carboxylic acids is 1. The zero-order valence-electron chi connectivity index (χ0n) is 18.8. The summed E-state index contributed by atoms with van der Waals surface area (Å²) in [5.41, 5.74) is 5.81. The fourth-order valence-corrected chi connectivity index (χ4v) is 5.70. The summed E-state index contributed by atoms with van der Waals surface area (Å²) in [6, 6.07) is 18.5. The molecule has 0 bridgehead atoms. The van der Waals surface area contributed by atoms with E-state index in [0.717, 1.165) is 42.0 Å². The Balaban J connectivity index is 1.94. The standard InChI is InChI=1S/C27H29BrClNO2/c1-4-5-11-21(26(31)32-28)24-25-23(19-9-7-6-8-10-19)22(16-30(25)17-27(24,2)3)18-12-14-20(29)15-13-18/h6-10,12-16,21,24H,4-5,11,17H2,1-3H3. The lowest BCUT2D eigenvalue weighted by molar-refractivity contribution is -0.139. The molecule has 4 rings (SSSR count). The largest absolute Gasteiger partial charge is 0.383 e. The highest BCUT2D eigenvalue weighted by Crippen LogP contribution is 2.55. The quantitative estimate of drug-likeness (QED) is 0.318. The van der Waals surface area contributed by atoms with Crippen LogP contribution in [0.1, 0.15) is 51.6 Å². The van der Waals surface area contributed by atoms with Crippen LogP contribution in [0.5, 0.6) is 0 Å². The minimum absolute atomic E-state index is 0.0513. The fraction of sp³-hybridized carbons (Fsp3) is 0.370. The van der Waals surface area contributed by atoms with Crippen molar-refractivity contribution in [2.75, 3.05) is 0 Å². The van der Waals surface area contributed by atoms with E-state index in [-0.39, 0.29) is 23.2 Å². The molecule has 32 heavy (non-hydrogen) atoms. The van der Waals surface area contributed by atoms with Gasteiger partial charge in [0.2, 0.25) is 0 Å². The van der Waals surface area contributed by atoms with Gasteiger partial charge in [-0.2, -0.15) is 0 Å². The number of benzene rings is 2. The molecule has 1 aromatic heterocycles. The number of hydrogen-bond donors (Lipinski definition) is 0. The number of carbonyl (C=O) groups is 1. The zero-order valence-corrected chi connectivity index (χ0v) is 21.1. The van der Waals surface area contributed by atoms with Gasteiger partial charge < -0.3 is 8.40 Å². The van der Waals surface area contributed by atoms with Crippen molar-refractivity contribution in [1.29, 1.82) is 0 Å². The first kappa shape index (κ1) is 23.1. The third-order valence-electron chi connectivity index (χ3n) is 6.70. The number of unbranched alkanes of at least 4 members (excludes halogenated alkanes) is 1. The number of aromatic nitrogens is 1. The molecule has 0 saturated carbocycles. The van der Waals surface area contributed by atoms with Crippen LogP contribution in [0.4, 0.5) is 0 Å². The van der Waals surface area contributed by atoms with Gasteiger partial charge in [0.25, 0.3) is 0 Å². The van der Waals surface area contributed by atoms with E-state index in [0.29, 0.717) is 0 Å². The van der Waals surface area contributed by atoms with Crippen molar-refractivity contribution < 1.29 is 8.62 Å². The highest BCUT2D eigenvalue weighted by molar-refractivity contribution is 9.06. The molecule has 0 saturated heterocycles. The molecule has 2 unspecified atom stereocenters. The van der Waals surface area contributed by atoms with Crippen molar-refractivity contribution in [3.8, 4) is 22.3 Å². The van der Waals surface area contributed by atoms with Crippen LogP contribution in [-0.2, 0) is 15.2 Å². The third-order valence-corrected chi connectivity index (χ3v) is 7.27. The van der Waals surface area contributed by atoms with Crippen LogP contribution in [0.2, 0.25) is 5.02 Å². The second-order valence-corrected chi connectivity index (χ2v) is 10.2. The fourth-order valence-electron chi connectivity index (χ4n) is 5.34. The molecule has 0 radical (unpaired) electrons. The topological polar surface area (TPSA) is 31.2 Å². The smallest absolute Gasteiger partial charge is 0.321 e. The SMILES string of the molecule is CCCCC(C(=O)OBr)C1c2c(-c3ccccc3)c(-c3ccc(Cl)cc3)cn2CC1(C)C. The van der Waals surface area contributed by atoms with Gasteiger partial charge in [0, 0.05) is 40.5 Å². The van der Waals surface area contributed by atoms with Crippen molar-refractivity contribution in [2.45, 2.75) is 52.5 Å². The Morgan fingerprint density at radius 1 is 1.16 bits per heavy atom. The Kier molecular flexibility index (Phi) is 6.83. The predicted octanol–water partition coefficient (Wildman–Crippen LogP) is 8.26. The van der Waals surface area contributed by atoms with Gasteiger partial charge in [-0.15, -0.1) is 0 Å². The van der Waals surface area contributed by atoms with Crippen LogP contribution in [0.3, 0.4) is 0 Å². The summed E-state index contributed by atoms with van der Waals surface area (Å²) in [5.74, 6) is -0.338. The van der Waals surface area contributed by atoms with E-state index in [1.807, 2.05) is 18.2 Å². The van der Waals surface area contributed by atoms with Crippen LogP contribution in [0, 0.1) is 11.3 Å². The third kappa shape index (κ3) is 4.27. The van der Waals surface area contributed by atoms with E-state index in [1.54, 1.807) is 0 Å². The van der Waals surface area contributed by atoms with Gasteiger partial charge >= 0.3 is 5.97 Å². The van der Waals surface area contributed by atoms with Crippen molar-refractivity contribution >= 4 is 33.8 Å². The van der Waals surface area contributed by atoms with Gasteiger partial charge in [-0.05, 0) is 35.1 Å². The van der Waals surface area contributed by atoms with E-state index in [4.69, 9.17) is 15.4 Å². The van der Waals surface area contributed by atoms with Crippen molar-refractivity contribution in [3.63, 3.8) is 0 Å². The molecule has 1 aliphatic rings. The molecular weight excluding hydrogens is 486 g/mol. The molecule has 0 fully saturated rings. The number of fused-ring (bicyclic) bond motifs is 1. The van der Waals surface area contributed by atoms with E-state index < -0.39 is 0 Å². The molecule has 3 nitrogen and oxygen atoms in total. The van der Waals surface area contributed by atoms with Gasteiger partial charge in [-0.1, -0.05) is 87.7 Å². The lowest BCUT2D eigenvalue weighted by Crippen LogP contribution is -2.31. The van der Waals surface area contributed by atoms with E-state index in [1.165, 1.54) is 16.8 Å². The van der Waals surface area contributed by atoms with E-state index >= 15 is 0 Å². The Bertz CT molecular complexity index is 1090. The van der Waals surface area contributed by atoms with E-state index in [9.17, 15) is 4.79 Å². The molecule has 5 heteroatoms. The molecule has 1 aliphatic heterocycles. The van der Waals surface area contributed by atoms with Crippen molar-refractivity contribution in [2.24, 2.45) is 11.3 Å². The van der Waals surface area contributed by atoms with Crippen LogP contribution in [-0.4, -0.2) is 10.5 Å². The maximum Gasteiger partial charge on any atom is 0.321 e. The summed E-state index contributed by atoms with van der Waals surface area (Å²) in [6.07, 6.45) is 5.09. The molecule has 0 spiro atoms. The first-order valence-corrected chi connectivity index (χ1v) is 12.3. The van der Waals surface area contributed by atoms with Gasteiger partial charge in [-0.3, -0.25) is 4.79 Å². The number of hydrogen-bond acceptors (Lipinski definition) is 2.